The lowest BCUT2D eigenvalue weighted by Gasteiger charge is -2.53. The summed E-state index contributed by atoms with van der Waals surface area (Å²) in [6.45, 7) is 11.0. The summed E-state index contributed by atoms with van der Waals surface area (Å²) >= 11 is 0. The Bertz CT molecular complexity index is 1100. The summed E-state index contributed by atoms with van der Waals surface area (Å²) in [4.78, 5) is 0. The summed E-state index contributed by atoms with van der Waals surface area (Å²) in [5, 5.41) is 22.6. The van der Waals surface area contributed by atoms with E-state index in [2.05, 4.69) is 33.9 Å². The highest BCUT2D eigenvalue weighted by Crippen LogP contribution is 2.65. The van der Waals surface area contributed by atoms with Gasteiger partial charge in [-0.05, 0) is 123 Å². The quantitative estimate of drug-likeness (QED) is 0.0604. The molecule has 4 rings (SSSR count). The van der Waals surface area contributed by atoms with Crippen molar-refractivity contribution in [1.82, 2.24) is 0 Å². The molecule has 2 N–H and O–H groups in total. The van der Waals surface area contributed by atoms with Gasteiger partial charge in [-0.1, -0.05) is 155 Å². The summed E-state index contributed by atoms with van der Waals surface area (Å²) < 4.78 is 1.22. The van der Waals surface area contributed by atoms with E-state index in [0.29, 0.717) is 23.5 Å². The number of rotatable bonds is 30. The normalized spacial score (nSPS) is 24.9. The van der Waals surface area contributed by atoms with Crippen molar-refractivity contribution >= 4 is 0 Å². The highest BCUT2D eigenvalue weighted by molar-refractivity contribution is 5.40. The van der Waals surface area contributed by atoms with Crippen molar-refractivity contribution in [2.45, 2.75) is 238 Å². The fourth-order valence-electron chi connectivity index (χ4n) is 11.8. The summed E-state index contributed by atoms with van der Waals surface area (Å²) in [5.41, 5.74) is 2.42. The number of unbranched alkanes of at least 4 members (excludes halogenated alkanes) is 22. The Morgan fingerprint density at radius 1 is 0.611 bits per heavy atom. The molecule has 0 saturated heterocycles. The number of aromatic hydroxyl groups is 1. The number of benzene rings is 1. The van der Waals surface area contributed by atoms with Crippen molar-refractivity contribution in [1.29, 1.82) is 0 Å². The van der Waals surface area contributed by atoms with E-state index in [0.717, 1.165) is 25.7 Å². The molecule has 0 unspecified atom stereocenters. The fraction of sp³-hybridized carbons (Fsp3) is 0.880. The van der Waals surface area contributed by atoms with E-state index in [-0.39, 0.29) is 17.8 Å². The first-order valence-electron chi connectivity index (χ1n) is 24.1. The van der Waals surface area contributed by atoms with Crippen LogP contribution < -0.4 is 12.4 Å². The van der Waals surface area contributed by atoms with Gasteiger partial charge in [0.25, 0.3) is 0 Å². The summed E-state index contributed by atoms with van der Waals surface area (Å²) in [6.07, 6.45) is 43.2. The van der Waals surface area contributed by atoms with Crippen LogP contribution in [0.5, 0.6) is 5.75 Å². The summed E-state index contributed by atoms with van der Waals surface area (Å²) in [7, 11) is 2.57. The van der Waals surface area contributed by atoms with Crippen LogP contribution in [0.4, 0.5) is 0 Å². The Hall–Kier alpha value is -0.770. The fourth-order valence-corrected chi connectivity index (χ4v) is 11.8. The molecule has 0 bridgehead atoms. The minimum atomic E-state index is -0.505. The van der Waals surface area contributed by atoms with E-state index < -0.39 is 5.60 Å². The van der Waals surface area contributed by atoms with Crippen LogP contribution in [-0.2, 0) is 6.42 Å². The molecule has 1 aromatic carbocycles. The second-order valence-corrected chi connectivity index (χ2v) is 19.5. The lowest BCUT2D eigenvalue weighted by molar-refractivity contribution is -0.910. The lowest BCUT2D eigenvalue weighted by atomic mass is 9.53. The van der Waals surface area contributed by atoms with Gasteiger partial charge in [-0.2, -0.15) is 0 Å². The average Bonchev–Trinajstić information content (AvgIpc) is 3.42. The zero-order chi connectivity index (χ0) is 37.8. The molecule has 314 valence electrons. The molecule has 2 fully saturated rings. The molecular formula is C50H90ClNO2. The summed E-state index contributed by atoms with van der Waals surface area (Å²) in [6, 6.07) is 6.15. The number of phenolic OH excluding ortho intramolecular Hbond substituents is 1. The van der Waals surface area contributed by atoms with Gasteiger partial charge in [-0.25, -0.2) is 0 Å². The molecule has 0 amide bonds. The second kappa shape index (κ2) is 25.6. The van der Waals surface area contributed by atoms with Gasteiger partial charge in [0.15, 0.2) is 0 Å². The van der Waals surface area contributed by atoms with Crippen molar-refractivity contribution in [2.24, 2.45) is 17.3 Å². The number of quaternary nitrogens is 1. The van der Waals surface area contributed by atoms with Gasteiger partial charge in [0.1, 0.15) is 5.75 Å². The molecule has 0 aliphatic heterocycles. The highest BCUT2D eigenvalue weighted by atomic mass is 35.5. The first-order chi connectivity index (χ1) is 25.8. The Kier molecular flexibility index (Phi) is 22.5. The molecule has 2 saturated carbocycles. The Morgan fingerprint density at radius 3 is 1.57 bits per heavy atom. The summed E-state index contributed by atoms with van der Waals surface area (Å²) in [5.74, 6) is 2.36. The number of phenols is 1. The van der Waals surface area contributed by atoms with Gasteiger partial charge in [-0.3, -0.25) is 0 Å². The first kappa shape index (κ1) is 47.6. The van der Waals surface area contributed by atoms with Crippen molar-refractivity contribution in [3.8, 4) is 5.75 Å². The van der Waals surface area contributed by atoms with Gasteiger partial charge < -0.3 is 27.1 Å². The van der Waals surface area contributed by atoms with Gasteiger partial charge in [0.2, 0.25) is 0 Å². The molecule has 3 aliphatic carbocycles. The van der Waals surface area contributed by atoms with Crippen LogP contribution in [0.3, 0.4) is 0 Å². The second-order valence-electron chi connectivity index (χ2n) is 19.5. The van der Waals surface area contributed by atoms with E-state index in [1.165, 1.54) is 215 Å². The molecule has 0 radical (unpaired) electrons. The van der Waals surface area contributed by atoms with Crippen LogP contribution in [0.1, 0.15) is 237 Å². The molecule has 1 aromatic rings. The molecule has 5 atom stereocenters. The van der Waals surface area contributed by atoms with Gasteiger partial charge in [-0.15, -0.1) is 0 Å². The van der Waals surface area contributed by atoms with Crippen LogP contribution in [0.15, 0.2) is 18.2 Å². The predicted octanol–water partition coefficient (Wildman–Crippen LogP) is 11.6. The molecule has 0 aromatic heterocycles. The molecule has 0 heterocycles. The molecular weight excluding hydrogens is 682 g/mol. The number of aliphatic hydroxyl groups is 1. The highest BCUT2D eigenvalue weighted by Gasteiger charge is 2.61. The SMILES string of the molecule is CCCCCCCCCCCCCC[N+](C)(CCCCCCCCCCCCCC)CCC[C@]1(O)CC[C@H]2[C@@H]3CCc4cc(O)ccc4[C@H]3CC[C@@]21C.[Cl-]. The minimum absolute atomic E-state index is 0. The maximum absolute atomic E-state index is 12.5. The molecule has 54 heavy (non-hydrogen) atoms. The van der Waals surface area contributed by atoms with Crippen molar-refractivity contribution in [3.63, 3.8) is 0 Å². The predicted molar refractivity (Wildman–Crippen MR) is 230 cm³/mol. The minimum Gasteiger partial charge on any atom is -1.00 e. The van der Waals surface area contributed by atoms with E-state index in [4.69, 9.17) is 0 Å². The number of fused-ring (bicyclic) bond motifs is 5. The largest absolute Gasteiger partial charge is 1.00 e. The van der Waals surface area contributed by atoms with Crippen molar-refractivity contribution in [3.05, 3.63) is 29.3 Å². The van der Waals surface area contributed by atoms with Crippen LogP contribution >= 0.6 is 0 Å². The number of aryl methyl sites for hydroxylation is 1. The maximum atomic E-state index is 12.5. The Morgan fingerprint density at radius 2 is 1.07 bits per heavy atom. The Balaban J connectivity index is 0.00000784. The maximum Gasteiger partial charge on any atom is 0.115 e. The number of hydrogen-bond donors (Lipinski definition) is 2. The Labute approximate surface area is 342 Å². The average molecular weight is 773 g/mol. The lowest BCUT2D eigenvalue weighted by Crippen LogP contribution is -3.00. The number of nitrogens with zero attached hydrogens (tertiary/aromatic N) is 1. The van der Waals surface area contributed by atoms with Crippen LogP contribution in [-0.4, -0.2) is 47.0 Å². The van der Waals surface area contributed by atoms with E-state index >= 15 is 0 Å². The standard InChI is InChI=1S/C50H89NO2.ClH/c1-5-7-9-11-13-15-17-19-21-23-25-27-39-51(4,40-28-26-24-22-20-18-16-14-12-10-8-6-2)41-29-36-50(53)38-35-48-47-32-30-43-42-44(52)31-33-45(43)46(47)34-37-49(48,50)3;/h31,33,42,46-48,53H,5-30,32,34-41H2,1-4H3;1H/t46-,47-,48+,49+,50+;/m1./s1. The smallest absolute Gasteiger partial charge is 0.115 e. The first-order valence-corrected chi connectivity index (χ1v) is 24.1. The van der Waals surface area contributed by atoms with Gasteiger partial charge in [0.05, 0.1) is 32.3 Å². The zero-order valence-electron chi connectivity index (χ0n) is 36.4. The van der Waals surface area contributed by atoms with E-state index in [1.54, 1.807) is 0 Å². The third kappa shape index (κ3) is 14.6. The van der Waals surface area contributed by atoms with Crippen LogP contribution in [0, 0.1) is 17.3 Å². The van der Waals surface area contributed by atoms with E-state index in [1.807, 2.05) is 12.1 Å². The van der Waals surface area contributed by atoms with Crippen molar-refractivity contribution < 1.29 is 27.1 Å². The zero-order valence-corrected chi connectivity index (χ0v) is 37.2. The third-order valence-corrected chi connectivity index (χ3v) is 15.4. The molecule has 3 nitrogen and oxygen atoms in total. The third-order valence-electron chi connectivity index (χ3n) is 15.4. The number of hydrogen-bond acceptors (Lipinski definition) is 2. The molecule has 4 heteroatoms. The van der Waals surface area contributed by atoms with Gasteiger partial charge in [0, 0.05) is 0 Å². The molecule has 3 aliphatic rings. The van der Waals surface area contributed by atoms with Gasteiger partial charge >= 0.3 is 0 Å². The number of halogens is 1. The van der Waals surface area contributed by atoms with Crippen LogP contribution in [0.25, 0.3) is 0 Å². The van der Waals surface area contributed by atoms with Crippen LogP contribution in [0.2, 0.25) is 0 Å². The molecule has 0 spiro atoms. The topological polar surface area (TPSA) is 40.5 Å². The van der Waals surface area contributed by atoms with Crippen molar-refractivity contribution in [2.75, 3.05) is 26.7 Å². The monoisotopic (exact) mass is 772 g/mol. The van der Waals surface area contributed by atoms with E-state index in [9.17, 15) is 10.2 Å².